The number of nitrogens with two attached hydrogens (primary N) is 1. The minimum absolute atomic E-state index is 0.0165. The molecule has 0 radical (unpaired) electrons. The average Bonchev–Trinajstić information content (AvgIpc) is 3.31. The van der Waals surface area contributed by atoms with Crippen molar-refractivity contribution in [3.63, 3.8) is 0 Å². The molecule has 1 aliphatic rings. The van der Waals surface area contributed by atoms with Crippen molar-refractivity contribution < 1.29 is 28.2 Å². The van der Waals surface area contributed by atoms with Gasteiger partial charge in [-0.1, -0.05) is 50.5 Å². The number of rotatable bonds is 10. The zero-order chi connectivity index (χ0) is 29.8. The fourth-order valence-corrected chi connectivity index (χ4v) is 5.22. The molecule has 1 unspecified atom stereocenters. The molecule has 0 amide bonds. The Balaban J connectivity index is 1.41. The molecule has 0 spiro atoms. The highest BCUT2D eigenvalue weighted by Gasteiger charge is 2.32. The molecule has 4 aromatic rings. The Labute approximate surface area is 245 Å². The van der Waals surface area contributed by atoms with E-state index >= 15 is 0 Å². The largest absolute Gasteiger partial charge is 0.493 e. The van der Waals surface area contributed by atoms with Gasteiger partial charge in [0.1, 0.15) is 28.7 Å². The molecule has 3 aromatic carbocycles. The lowest BCUT2D eigenvalue weighted by atomic mass is 9.83. The number of nitrogens with zero attached hydrogens (tertiary/aromatic N) is 1. The van der Waals surface area contributed by atoms with Crippen LogP contribution >= 0.6 is 0 Å². The summed E-state index contributed by atoms with van der Waals surface area (Å²) in [5, 5.41) is 10.8. The van der Waals surface area contributed by atoms with Crippen molar-refractivity contribution in [1.29, 1.82) is 5.26 Å². The summed E-state index contributed by atoms with van der Waals surface area (Å²) in [4.78, 5) is 13.1. The molecule has 42 heavy (non-hydrogen) atoms. The number of carbonyl (C=O) groups excluding carboxylic acids is 1. The summed E-state index contributed by atoms with van der Waals surface area (Å²) in [5.74, 6) is 0.824. The smallest absolute Gasteiger partial charge is 0.379 e. The molecule has 8 heteroatoms. The third-order valence-electron chi connectivity index (χ3n) is 7.46. The topological polar surface area (TPSA) is 117 Å². The first kappa shape index (κ1) is 28.6. The fourth-order valence-electron chi connectivity index (χ4n) is 5.22. The highest BCUT2D eigenvalue weighted by molar-refractivity contribution is 5.97. The maximum absolute atomic E-state index is 13.1. The Morgan fingerprint density at radius 2 is 1.86 bits per heavy atom. The van der Waals surface area contributed by atoms with Crippen LogP contribution in [0.5, 0.6) is 23.0 Å². The van der Waals surface area contributed by atoms with Gasteiger partial charge < -0.3 is 29.1 Å². The monoisotopic (exact) mass is 566 g/mol. The van der Waals surface area contributed by atoms with E-state index < -0.39 is 11.9 Å². The minimum Gasteiger partial charge on any atom is -0.493 e. The Bertz CT molecular complexity index is 1710. The summed E-state index contributed by atoms with van der Waals surface area (Å²) in [6.07, 6.45) is 4.41. The number of esters is 1. The molecular weight excluding hydrogens is 532 g/mol. The Hall–Kier alpha value is -4.90. The number of benzene rings is 3. The van der Waals surface area contributed by atoms with Crippen LogP contribution in [0.4, 0.5) is 0 Å². The lowest BCUT2D eigenvalue weighted by molar-refractivity contribution is 0.0702. The number of aryl methyl sites for hydroxylation is 2. The highest BCUT2D eigenvalue weighted by Crippen LogP contribution is 2.45. The van der Waals surface area contributed by atoms with E-state index in [1.54, 1.807) is 25.3 Å². The van der Waals surface area contributed by atoms with Gasteiger partial charge in [0.05, 0.1) is 19.6 Å². The van der Waals surface area contributed by atoms with Gasteiger partial charge in [-0.2, -0.15) is 5.26 Å². The molecule has 216 valence electrons. The number of furan rings is 1. The van der Waals surface area contributed by atoms with Crippen molar-refractivity contribution in [2.75, 3.05) is 13.7 Å². The van der Waals surface area contributed by atoms with E-state index in [1.165, 1.54) is 6.42 Å². The molecular formula is C34H34N2O6. The van der Waals surface area contributed by atoms with E-state index in [-0.39, 0.29) is 23.0 Å². The predicted molar refractivity (Wildman–Crippen MR) is 159 cm³/mol. The number of allylic oxidation sites excluding steroid dienone is 1. The molecule has 1 aromatic heterocycles. The SMILES string of the molecule is CCCCCCOc1ccc(C2C(C#N)=C(N)Oc3cc(OC(=O)c4oc5cc(C)ccc5c4C)ccc32)cc1OC. The third kappa shape index (κ3) is 5.64. The number of methoxy groups -OCH3 is 1. The van der Waals surface area contributed by atoms with Crippen LogP contribution in [0.1, 0.15) is 71.3 Å². The second-order valence-electron chi connectivity index (χ2n) is 10.4. The first-order chi connectivity index (χ1) is 20.3. The van der Waals surface area contributed by atoms with Crippen LogP contribution < -0.4 is 24.7 Å². The highest BCUT2D eigenvalue weighted by atomic mass is 16.5. The molecule has 0 aliphatic carbocycles. The third-order valence-corrected chi connectivity index (χ3v) is 7.46. The van der Waals surface area contributed by atoms with Gasteiger partial charge in [0.15, 0.2) is 11.5 Å². The Morgan fingerprint density at radius 1 is 1.02 bits per heavy atom. The maximum Gasteiger partial charge on any atom is 0.379 e. The lowest BCUT2D eigenvalue weighted by Crippen LogP contribution is -2.21. The summed E-state index contributed by atoms with van der Waals surface area (Å²) in [7, 11) is 1.59. The summed E-state index contributed by atoms with van der Waals surface area (Å²) >= 11 is 0. The number of fused-ring (bicyclic) bond motifs is 2. The van der Waals surface area contributed by atoms with Crippen LogP contribution in [0.2, 0.25) is 0 Å². The Morgan fingerprint density at radius 3 is 2.62 bits per heavy atom. The second-order valence-corrected chi connectivity index (χ2v) is 10.4. The summed E-state index contributed by atoms with van der Waals surface area (Å²) < 4.78 is 28.9. The number of hydrogen-bond donors (Lipinski definition) is 1. The van der Waals surface area contributed by atoms with Crippen LogP contribution in [0.3, 0.4) is 0 Å². The molecule has 0 saturated heterocycles. The molecule has 1 aliphatic heterocycles. The van der Waals surface area contributed by atoms with E-state index in [0.29, 0.717) is 40.6 Å². The summed E-state index contributed by atoms with van der Waals surface area (Å²) in [5.41, 5.74) is 10.3. The van der Waals surface area contributed by atoms with Crippen molar-refractivity contribution in [3.8, 4) is 29.1 Å². The summed E-state index contributed by atoms with van der Waals surface area (Å²) in [6.45, 7) is 6.55. The van der Waals surface area contributed by atoms with Crippen LogP contribution in [0.15, 0.2) is 70.5 Å². The number of hydrogen-bond acceptors (Lipinski definition) is 8. The zero-order valence-electron chi connectivity index (χ0n) is 24.3. The second kappa shape index (κ2) is 12.3. The van der Waals surface area contributed by atoms with Crippen LogP contribution in [-0.4, -0.2) is 19.7 Å². The number of nitriles is 1. The zero-order valence-corrected chi connectivity index (χ0v) is 24.3. The number of carbonyl (C=O) groups is 1. The average molecular weight is 567 g/mol. The number of unbranched alkanes of at least 4 members (excludes halogenated alkanes) is 3. The predicted octanol–water partition coefficient (Wildman–Crippen LogP) is 7.45. The van der Waals surface area contributed by atoms with Crippen molar-refractivity contribution in [3.05, 3.63) is 94.1 Å². The van der Waals surface area contributed by atoms with Gasteiger partial charge in [0.2, 0.25) is 11.6 Å². The Kier molecular flexibility index (Phi) is 8.39. The molecule has 5 rings (SSSR count). The molecule has 0 fully saturated rings. The van der Waals surface area contributed by atoms with Gasteiger partial charge in [-0.3, -0.25) is 0 Å². The summed E-state index contributed by atoms with van der Waals surface area (Å²) in [6, 6.07) is 18.6. The fraction of sp³-hybridized carbons (Fsp3) is 0.294. The van der Waals surface area contributed by atoms with Gasteiger partial charge in [0, 0.05) is 22.6 Å². The quantitative estimate of drug-likeness (QED) is 0.119. The van der Waals surface area contributed by atoms with E-state index in [4.69, 9.17) is 29.1 Å². The molecule has 0 saturated carbocycles. The van der Waals surface area contributed by atoms with Crippen LogP contribution in [0, 0.1) is 25.2 Å². The van der Waals surface area contributed by atoms with Crippen LogP contribution in [0.25, 0.3) is 11.0 Å². The minimum atomic E-state index is -0.620. The standard InChI is InChI=1S/C34H34N2O6/c1-5-6-7-8-15-39-27-14-10-22(17-30(27)38-4)31-25-13-11-23(18-29(25)42-33(36)26(31)19-35)40-34(37)32-21(3)24-12-9-20(2)16-28(24)41-32/h9-14,16-18,31H,5-8,15,36H2,1-4H3. The van der Waals surface area contributed by atoms with Crippen molar-refractivity contribution >= 4 is 16.9 Å². The lowest BCUT2D eigenvalue weighted by Gasteiger charge is -2.27. The maximum atomic E-state index is 13.1. The van der Waals surface area contributed by atoms with Gasteiger partial charge in [-0.15, -0.1) is 0 Å². The normalized spacial score (nSPS) is 14.2. The number of ether oxygens (including phenoxy) is 4. The molecule has 1 atom stereocenters. The first-order valence-corrected chi connectivity index (χ1v) is 14.1. The van der Waals surface area contributed by atoms with Crippen LogP contribution in [-0.2, 0) is 0 Å². The van der Waals surface area contributed by atoms with Crippen molar-refractivity contribution in [2.45, 2.75) is 52.4 Å². The first-order valence-electron chi connectivity index (χ1n) is 14.1. The van der Waals surface area contributed by atoms with Gasteiger partial charge in [-0.25, -0.2) is 4.79 Å². The molecule has 0 bridgehead atoms. The van der Waals surface area contributed by atoms with E-state index in [0.717, 1.165) is 35.8 Å². The molecule has 2 N–H and O–H groups in total. The molecule has 2 heterocycles. The van der Waals surface area contributed by atoms with E-state index in [1.807, 2.05) is 50.2 Å². The van der Waals surface area contributed by atoms with Gasteiger partial charge in [0.25, 0.3) is 0 Å². The van der Waals surface area contributed by atoms with E-state index in [9.17, 15) is 10.1 Å². The van der Waals surface area contributed by atoms with Crippen molar-refractivity contribution in [2.24, 2.45) is 5.73 Å². The van der Waals surface area contributed by atoms with Crippen molar-refractivity contribution in [1.82, 2.24) is 0 Å². The van der Waals surface area contributed by atoms with Gasteiger partial charge >= 0.3 is 5.97 Å². The van der Waals surface area contributed by atoms with Gasteiger partial charge in [-0.05, 0) is 55.7 Å². The molecule has 8 nitrogen and oxygen atoms in total. The van der Waals surface area contributed by atoms with E-state index in [2.05, 4.69) is 13.0 Å².